The zero-order chi connectivity index (χ0) is 20.5. The topological polar surface area (TPSA) is 56.7 Å². The molecule has 0 spiro atoms. The Labute approximate surface area is 176 Å². The van der Waals surface area contributed by atoms with Crippen molar-refractivity contribution in [1.82, 2.24) is 20.3 Å². The van der Waals surface area contributed by atoms with Crippen LogP contribution in [0.4, 0.5) is 5.69 Å². The number of rotatable bonds is 4. The van der Waals surface area contributed by atoms with E-state index in [0.717, 1.165) is 72.0 Å². The van der Waals surface area contributed by atoms with Gasteiger partial charge in [-0.05, 0) is 50.6 Å². The van der Waals surface area contributed by atoms with E-state index in [1.807, 2.05) is 42.5 Å². The minimum atomic E-state index is 0.363. The van der Waals surface area contributed by atoms with E-state index >= 15 is 0 Å². The van der Waals surface area contributed by atoms with Crippen molar-refractivity contribution in [3.8, 4) is 0 Å². The largest absolute Gasteiger partial charge is 0.297 e. The standard InChI is InChI=1S/C24H26N6/c1-17-6-3-9-21(26-17)16-29-13-5-8-20(15-29)24-27-18(2)30(28-24)23-10-4-7-19-14-25-12-11-22(19)23/h3-4,6-7,9-12,14,20H,2,5,8,13,15-16H2,1H3,(H,27,28). The smallest absolute Gasteiger partial charge is 0.146 e. The Kier molecular flexibility index (Phi) is 4.93. The van der Waals surface area contributed by atoms with E-state index in [2.05, 4.69) is 51.1 Å². The molecule has 0 aliphatic carbocycles. The molecule has 0 saturated carbocycles. The summed E-state index contributed by atoms with van der Waals surface area (Å²) in [6.07, 6.45) is 6.00. The molecule has 0 radical (unpaired) electrons. The van der Waals surface area contributed by atoms with Gasteiger partial charge in [0.05, 0.1) is 11.4 Å². The third-order valence-electron chi connectivity index (χ3n) is 5.86. The molecule has 0 bridgehead atoms. The summed E-state index contributed by atoms with van der Waals surface area (Å²) in [4.78, 5) is 16.2. The number of anilines is 1. The molecule has 2 aliphatic rings. The fraction of sp³-hybridized carbons (Fsp3) is 0.292. The maximum atomic E-state index is 4.81. The van der Waals surface area contributed by atoms with Crippen LogP contribution < -0.4 is 10.4 Å². The summed E-state index contributed by atoms with van der Waals surface area (Å²) >= 11 is 0. The van der Waals surface area contributed by atoms with Crippen LogP contribution in [0.1, 0.15) is 24.2 Å². The summed E-state index contributed by atoms with van der Waals surface area (Å²) < 4.78 is 0. The van der Waals surface area contributed by atoms with Gasteiger partial charge in [-0.25, -0.2) is 10.0 Å². The number of aromatic nitrogens is 2. The lowest BCUT2D eigenvalue weighted by Gasteiger charge is -2.33. The van der Waals surface area contributed by atoms with Crippen LogP contribution in [0, 0.1) is 12.8 Å². The first-order valence-corrected chi connectivity index (χ1v) is 10.5. The molecule has 4 heterocycles. The van der Waals surface area contributed by atoms with Crippen molar-refractivity contribution in [2.75, 3.05) is 18.1 Å². The maximum Gasteiger partial charge on any atom is 0.146 e. The average molecular weight is 399 g/mol. The molecule has 5 rings (SSSR count). The first-order chi connectivity index (χ1) is 14.7. The molecule has 30 heavy (non-hydrogen) atoms. The van der Waals surface area contributed by atoms with Gasteiger partial charge in [0.1, 0.15) is 11.7 Å². The normalized spacial score (nSPS) is 19.8. The predicted octanol–water partition coefficient (Wildman–Crippen LogP) is 4.04. The number of hydrogen-bond donors (Lipinski definition) is 1. The molecule has 1 unspecified atom stereocenters. The highest BCUT2D eigenvalue weighted by Crippen LogP contribution is 2.31. The van der Waals surface area contributed by atoms with E-state index in [1.54, 1.807) is 0 Å². The van der Waals surface area contributed by atoms with Crippen LogP contribution >= 0.6 is 0 Å². The number of amidine groups is 1. The molecule has 1 fully saturated rings. The quantitative estimate of drug-likeness (QED) is 0.719. The predicted molar refractivity (Wildman–Crippen MR) is 121 cm³/mol. The Morgan fingerprint density at radius 1 is 1.17 bits per heavy atom. The number of likely N-dealkylation sites (tertiary alicyclic amines) is 1. The number of nitrogens with one attached hydrogen (secondary N) is 1. The van der Waals surface area contributed by atoms with Gasteiger partial charge in [0.2, 0.25) is 0 Å². The van der Waals surface area contributed by atoms with E-state index in [-0.39, 0.29) is 0 Å². The number of piperidine rings is 1. The van der Waals surface area contributed by atoms with Crippen molar-refractivity contribution >= 4 is 22.3 Å². The summed E-state index contributed by atoms with van der Waals surface area (Å²) in [7, 11) is 0. The van der Waals surface area contributed by atoms with Gasteiger partial charge in [0.25, 0.3) is 0 Å². The van der Waals surface area contributed by atoms with E-state index < -0.39 is 0 Å². The molecule has 1 aromatic carbocycles. The van der Waals surface area contributed by atoms with E-state index in [9.17, 15) is 0 Å². The average Bonchev–Trinajstić information content (AvgIpc) is 3.15. The van der Waals surface area contributed by atoms with Crippen molar-refractivity contribution < 1.29 is 0 Å². The van der Waals surface area contributed by atoms with Gasteiger partial charge in [0.15, 0.2) is 0 Å². The lowest BCUT2D eigenvalue weighted by molar-refractivity contribution is 0.193. The van der Waals surface area contributed by atoms with Gasteiger partial charge in [0, 0.05) is 47.9 Å². The highest BCUT2D eigenvalue weighted by atomic mass is 15.6. The number of aryl methyl sites for hydroxylation is 1. The highest BCUT2D eigenvalue weighted by molar-refractivity contribution is 5.98. The van der Waals surface area contributed by atoms with Gasteiger partial charge < -0.3 is 0 Å². The molecule has 2 aromatic heterocycles. The second-order valence-electron chi connectivity index (χ2n) is 8.08. The highest BCUT2D eigenvalue weighted by Gasteiger charge is 2.30. The number of hydrazine groups is 1. The first kappa shape index (κ1) is 18.8. The summed E-state index contributed by atoms with van der Waals surface area (Å²) in [6.45, 7) is 9.20. The third kappa shape index (κ3) is 3.66. The fourth-order valence-electron chi connectivity index (χ4n) is 4.41. The third-order valence-corrected chi connectivity index (χ3v) is 5.86. The molecule has 0 amide bonds. The lowest BCUT2D eigenvalue weighted by Crippen LogP contribution is -2.45. The number of fused-ring (bicyclic) bond motifs is 1. The van der Waals surface area contributed by atoms with Crippen molar-refractivity contribution in [1.29, 1.82) is 0 Å². The van der Waals surface area contributed by atoms with Crippen molar-refractivity contribution in [2.45, 2.75) is 26.3 Å². The Hall–Kier alpha value is -3.25. The lowest BCUT2D eigenvalue weighted by atomic mass is 9.96. The van der Waals surface area contributed by atoms with Crippen LogP contribution in [0.2, 0.25) is 0 Å². The molecular weight excluding hydrogens is 372 g/mol. The Balaban J connectivity index is 1.31. The molecule has 1 atom stereocenters. The molecule has 1 saturated heterocycles. The number of pyridine rings is 2. The molecule has 1 N–H and O–H groups in total. The molecule has 6 heteroatoms. The minimum Gasteiger partial charge on any atom is -0.297 e. The summed E-state index contributed by atoms with van der Waals surface area (Å²) in [5.74, 6) is 2.10. The summed E-state index contributed by atoms with van der Waals surface area (Å²) in [6, 6.07) is 14.5. The molecular formula is C24H26N6. The Morgan fingerprint density at radius 2 is 2.07 bits per heavy atom. The van der Waals surface area contributed by atoms with Crippen molar-refractivity contribution in [2.24, 2.45) is 10.9 Å². The second-order valence-corrected chi connectivity index (χ2v) is 8.08. The van der Waals surface area contributed by atoms with Gasteiger partial charge in [-0.3, -0.25) is 20.3 Å². The molecule has 3 aromatic rings. The Morgan fingerprint density at radius 3 is 2.97 bits per heavy atom. The molecule has 152 valence electrons. The minimum absolute atomic E-state index is 0.363. The van der Waals surface area contributed by atoms with Crippen molar-refractivity contribution in [3.05, 3.63) is 78.6 Å². The van der Waals surface area contributed by atoms with Crippen LogP contribution in [0.25, 0.3) is 10.8 Å². The van der Waals surface area contributed by atoms with Gasteiger partial charge in [-0.15, -0.1) is 0 Å². The van der Waals surface area contributed by atoms with Gasteiger partial charge in [-0.2, -0.15) is 0 Å². The SMILES string of the molecule is C=C1N=C(C2CCCN(Cc3cccc(C)n3)C2)NN1c1cccc2cnccc12. The summed E-state index contributed by atoms with van der Waals surface area (Å²) in [5.41, 5.74) is 6.79. The number of nitrogens with zero attached hydrogens (tertiary/aromatic N) is 5. The van der Waals surface area contributed by atoms with E-state index in [4.69, 9.17) is 4.99 Å². The zero-order valence-corrected chi connectivity index (χ0v) is 17.3. The molecule has 6 nitrogen and oxygen atoms in total. The van der Waals surface area contributed by atoms with Crippen LogP contribution in [-0.2, 0) is 6.54 Å². The van der Waals surface area contributed by atoms with Crippen molar-refractivity contribution in [3.63, 3.8) is 0 Å². The molecule has 2 aliphatic heterocycles. The maximum absolute atomic E-state index is 4.81. The number of hydrogen-bond acceptors (Lipinski definition) is 6. The monoisotopic (exact) mass is 398 g/mol. The Bertz CT molecular complexity index is 1120. The van der Waals surface area contributed by atoms with Gasteiger partial charge >= 0.3 is 0 Å². The number of aliphatic imine (C=N–C) groups is 1. The van der Waals surface area contributed by atoms with Crippen LogP contribution in [0.5, 0.6) is 0 Å². The second kappa shape index (κ2) is 7.88. The zero-order valence-electron chi connectivity index (χ0n) is 17.3. The number of benzene rings is 1. The summed E-state index contributed by atoms with van der Waals surface area (Å²) in [5, 5.41) is 4.24. The van der Waals surface area contributed by atoms with E-state index in [1.165, 1.54) is 0 Å². The first-order valence-electron chi connectivity index (χ1n) is 10.5. The van der Waals surface area contributed by atoms with Gasteiger partial charge in [-0.1, -0.05) is 24.8 Å². The fourth-order valence-corrected chi connectivity index (χ4v) is 4.41. The van der Waals surface area contributed by atoms with Crippen LogP contribution in [-0.4, -0.2) is 33.8 Å². The van der Waals surface area contributed by atoms with Crippen LogP contribution in [0.3, 0.4) is 0 Å². The van der Waals surface area contributed by atoms with E-state index in [0.29, 0.717) is 5.92 Å². The van der Waals surface area contributed by atoms with Crippen LogP contribution in [0.15, 0.2) is 72.3 Å².